The van der Waals surface area contributed by atoms with E-state index in [1.165, 1.54) is 6.42 Å². The van der Waals surface area contributed by atoms with Crippen LogP contribution >= 0.6 is 0 Å². The molecule has 31 heavy (non-hydrogen) atoms. The molecule has 0 aromatic carbocycles. The number of pyridine rings is 1. The van der Waals surface area contributed by atoms with Gasteiger partial charge in [0.2, 0.25) is 5.91 Å². The number of rotatable bonds is 3. The largest absolute Gasteiger partial charge is 0.354 e. The summed E-state index contributed by atoms with van der Waals surface area (Å²) in [6, 6.07) is 6.64. The summed E-state index contributed by atoms with van der Waals surface area (Å²) in [7, 11) is 0. The van der Waals surface area contributed by atoms with Gasteiger partial charge in [0.15, 0.2) is 0 Å². The minimum absolute atomic E-state index is 0.179. The molecule has 4 aliphatic rings. The van der Waals surface area contributed by atoms with Crippen LogP contribution in [0.15, 0.2) is 18.3 Å². The second-order valence-corrected chi connectivity index (χ2v) is 10.0. The van der Waals surface area contributed by atoms with Gasteiger partial charge >= 0.3 is 0 Å². The Morgan fingerprint density at radius 1 is 1.23 bits per heavy atom. The Balaban J connectivity index is 1.16. The number of hydrogen-bond donors (Lipinski definition) is 2. The standard InChI is InChI=1S/C24H34N6O/c1-16-11-18(12-20-22(16)23-19(24(31)28-20)3-2-6-26-23)15-29-7-9-30(10-8-29)21-5-4-17(13-25)14-27-21/h4-5,14,16,18-20,22-23,26H,2-3,6-12,15H2,1H3,(H,28,31). The number of fused-ring (bicyclic) bond motifs is 3. The van der Waals surface area contributed by atoms with Crippen LogP contribution < -0.4 is 15.5 Å². The van der Waals surface area contributed by atoms with E-state index in [2.05, 4.69) is 38.4 Å². The second-order valence-electron chi connectivity index (χ2n) is 10.0. The molecule has 1 aliphatic carbocycles. The van der Waals surface area contributed by atoms with Crippen molar-refractivity contribution in [2.45, 2.75) is 44.7 Å². The molecular formula is C24H34N6O. The van der Waals surface area contributed by atoms with Gasteiger partial charge < -0.3 is 15.5 Å². The molecule has 1 saturated carbocycles. The van der Waals surface area contributed by atoms with Gasteiger partial charge in [-0.3, -0.25) is 9.69 Å². The maximum Gasteiger partial charge on any atom is 0.224 e. The summed E-state index contributed by atoms with van der Waals surface area (Å²) in [5.41, 5.74) is 0.608. The number of carbonyl (C=O) groups excluding carboxylic acids is 1. The van der Waals surface area contributed by atoms with Crippen LogP contribution in [-0.2, 0) is 4.79 Å². The first-order valence-corrected chi connectivity index (χ1v) is 12.0. The molecule has 7 heteroatoms. The maximum absolute atomic E-state index is 12.7. The Labute approximate surface area is 185 Å². The molecule has 7 nitrogen and oxygen atoms in total. The van der Waals surface area contributed by atoms with Gasteiger partial charge in [0, 0.05) is 51.0 Å². The van der Waals surface area contributed by atoms with Gasteiger partial charge in [0.05, 0.1) is 11.5 Å². The van der Waals surface area contributed by atoms with Crippen molar-refractivity contribution < 1.29 is 4.79 Å². The summed E-state index contributed by atoms with van der Waals surface area (Å²) in [6.07, 6.45) is 6.20. The van der Waals surface area contributed by atoms with E-state index in [4.69, 9.17) is 5.26 Å². The Kier molecular flexibility index (Phi) is 5.85. The number of amides is 1. The number of piperidine rings is 2. The molecule has 6 atom stereocenters. The number of aromatic nitrogens is 1. The van der Waals surface area contributed by atoms with Crippen LogP contribution in [0.4, 0.5) is 5.82 Å². The van der Waals surface area contributed by atoms with E-state index in [0.29, 0.717) is 35.4 Å². The molecule has 2 N–H and O–H groups in total. The lowest BCUT2D eigenvalue weighted by molar-refractivity contribution is -0.134. The second kappa shape index (κ2) is 8.76. The van der Waals surface area contributed by atoms with E-state index in [-0.39, 0.29) is 11.8 Å². The Morgan fingerprint density at radius 2 is 2.06 bits per heavy atom. The van der Waals surface area contributed by atoms with E-state index >= 15 is 0 Å². The molecule has 5 rings (SSSR count). The minimum atomic E-state index is 0.179. The first kappa shape index (κ1) is 20.7. The van der Waals surface area contributed by atoms with E-state index < -0.39 is 0 Å². The molecule has 3 aliphatic heterocycles. The summed E-state index contributed by atoms with van der Waals surface area (Å²) >= 11 is 0. The highest BCUT2D eigenvalue weighted by atomic mass is 16.2. The van der Waals surface area contributed by atoms with E-state index in [1.54, 1.807) is 6.20 Å². The predicted molar refractivity (Wildman–Crippen MR) is 119 cm³/mol. The monoisotopic (exact) mass is 422 g/mol. The molecule has 6 unspecified atom stereocenters. The molecule has 1 aromatic rings. The zero-order chi connectivity index (χ0) is 21.4. The van der Waals surface area contributed by atoms with Gasteiger partial charge in [-0.05, 0) is 62.1 Å². The van der Waals surface area contributed by atoms with Gasteiger partial charge in [-0.2, -0.15) is 5.26 Å². The molecule has 166 valence electrons. The number of anilines is 1. The van der Waals surface area contributed by atoms with Gasteiger partial charge in [-0.1, -0.05) is 6.92 Å². The van der Waals surface area contributed by atoms with Crippen LogP contribution in [0.2, 0.25) is 0 Å². The molecule has 1 amide bonds. The first-order chi connectivity index (χ1) is 15.1. The van der Waals surface area contributed by atoms with Crippen molar-refractivity contribution in [3.63, 3.8) is 0 Å². The van der Waals surface area contributed by atoms with Crippen LogP contribution in [0.3, 0.4) is 0 Å². The molecule has 0 spiro atoms. The van der Waals surface area contributed by atoms with Crippen molar-refractivity contribution in [2.24, 2.45) is 23.7 Å². The SMILES string of the molecule is CC1CC(CN2CCN(c3ccc(C#N)cn3)CC2)CC2NC(=O)C3CCCNC3C12. The van der Waals surface area contributed by atoms with Gasteiger partial charge in [0.1, 0.15) is 11.9 Å². The number of hydrogen-bond acceptors (Lipinski definition) is 6. The van der Waals surface area contributed by atoms with E-state index in [1.807, 2.05) is 12.1 Å². The van der Waals surface area contributed by atoms with Gasteiger partial charge in [-0.25, -0.2) is 4.98 Å². The average Bonchev–Trinajstić information content (AvgIpc) is 2.79. The lowest BCUT2D eigenvalue weighted by atomic mass is 9.63. The zero-order valence-corrected chi connectivity index (χ0v) is 18.5. The zero-order valence-electron chi connectivity index (χ0n) is 18.5. The van der Waals surface area contributed by atoms with Crippen molar-refractivity contribution in [3.05, 3.63) is 23.9 Å². The van der Waals surface area contributed by atoms with Crippen LogP contribution in [0.1, 0.15) is 38.2 Å². The molecule has 1 aromatic heterocycles. The lowest BCUT2D eigenvalue weighted by Gasteiger charge is -2.52. The smallest absolute Gasteiger partial charge is 0.224 e. The third-order valence-corrected chi connectivity index (χ3v) is 8.09. The van der Waals surface area contributed by atoms with Crippen LogP contribution in [-0.4, -0.2) is 67.1 Å². The quantitative estimate of drug-likeness (QED) is 0.770. The molecule has 3 saturated heterocycles. The first-order valence-electron chi connectivity index (χ1n) is 12.0. The van der Waals surface area contributed by atoms with Crippen molar-refractivity contribution >= 4 is 11.7 Å². The normalized spacial score (nSPS) is 36.1. The Hall–Kier alpha value is -2.17. The Bertz CT molecular complexity index is 827. The third-order valence-electron chi connectivity index (χ3n) is 8.09. The minimum Gasteiger partial charge on any atom is -0.354 e. The van der Waals surface area contributed by atoms with Crippen LogP contribution in [0, 0.1) is 35.0 Å². The van der Waals surface area contributed by atoms with Gasteiger partial charge in [0.25, 0.3) is 0 Å². The fourth-order valence-corrected chi connectivity index (χ4v) is 6.67. The number of piperazine rings is 1. The molecule has 0 bridgehead atoms. The highest BCUT2D eigenvalue weighted by Crippen LogP contribution is 2.42. The Morgan fingerprint density at radius 3 is 2.81 bits per heavy atom. The van der Waals surface area contributed by atoms with Crippen LogP contribution in [0.5, 0.6) is 0 Å². The molecule has 4 heterocycles. The number of nitrogens with zero attached hydrogens (tertiary/aromatic N) is 4. The van der Waals surface area contributed by atoms with Crippen molar-refractivity contribution in [1.82, 2.24) is 20.5 Å². The molecule has 0 radical (unpaired) electrons. The molecular weight excluding hydrogens is 388 g/mol. The summed E-state index contributed by atoms with van der Waals surface area (Å²) < 4.78 is 0. The van der Waals surface area contributed by atoms with E-state index in [0.717, 1.165) is 64.3 Å². The fraction of sp³-hybridized carbons (Fsp3) is 0.708. The maximum atomic E-state index is 12.7. The van der Waals surface area contributed by atoms with Crippen molar-refractivity contribution in [2.75, 3.05) is 44.2 Å². The van der Waals surface area contributed by atoms with Crippen molar-refractivity contribution in [1.29, 1.82) is 5.26 Å². The predicted octanol–water partition coefficient (Wildman–Crippen LogP) is 1.60. The summed E-state index contributed by atoms with van der Waals surface area (Å²) in [5, 5.41) is 16.1. The van der Waals surface area contributed by atoms with Gasteiger partial charge in [-0.15, -0.1) is 0 Å². The molecule has 4 fully saturated rings. The fourth-order valence-electron chi connectivity index (χ4n) is 6.67. The summed E-state index contributed by atoms with van der Waals surface area (Å²) in [6.45, 7) is 8.61. The highest BCUT2D eigenvalue weighted by molar-refractivity contribution is 5.81. The van der Waals surface area contributed by atoms with Crippen molar-refractivity contribution in [3.8, 4) is 6.07 Å². The summed E-state index contributed by atoms with van der Waals surface area (Å²) in [5.74, 6) is 3.31. The lowest BCUT2D eigenvalue weighted by Crippen LogP contribution is -2.66. The van der Waals surface area contributed by atoms with Crippen LogP contribution in [0.25, 0.3) is 0 Å². The highest BCUT2D eigenvalue weighted by Gasteiger charge is 2.49. The average molecular weight is 423 g/mol. The number of nitriles is 1. The number of nitrogens with one attached hydrogen (secondary N) is 2. The summed E-state index contributed by atoms with van der Waals surface area (Å²) in [4.78, 5) is 22.1. The topological polar surface area (TPSA) is 84.3 Å². The number of carbonyl (C=O) groups is 1. The third kappa shape index (κ3) is 4.16. The van der Waals surface area contributed by atoms with E-state index in [9.17, 15) is 4.79 Å².